The van der Waals surface area contributed by atoms with Gasteiger partial charge in [0.25, 0.3) is 5.91 Å². The molecule has 1 aliphatic heterocycles. The van der Waals surface area contributed by atoms with Gasteiger partial charge in [-0.25, -0.2) is 0 Å². The van der Waals surface area contributed by atoms with Crippen molar-refractivity contribution >= 4 is 17.3 Å². The summed E-state index contributed by atoms with van der Waals surface area (Å²) in [7, 11) is 2.16. The molecule has 1 N–H and O–H groups in total. The number of likely N-dealkylation sites (N-methyl/N-ethyl adjacent to an activating group) is 1. The molecule has 0 bridgehead atoms. The molecule has 1 saturated heterocycles. The number of hydrogen-bond donors (Lipinski definition) is 1. The Bertz CT molecular complexity index is 811. The van der Waals surface area contributed by atoms with Gasteiger partial charge in [0.05, 0.1) is 0 Å². The molecule has 3 rings (SSSR count). The molecule has 0 saturated carbocycles. The van der Waals surface area contributed by atoms with Crippen molar-refractivity contribution in [2.24, 2.45) is 0 Å². The van der Waals surface area contributed by atoms with E-state index in [1.54, 1.807) is 0 Å². The highest BCUT2D eigenvalue weighted by molar-refractivity contribution is 5.92. The molecule has 1 heterocycles. The summed E-state index contributed by atoms with van der Waals surface area (Å²) in [6, 6.07) is 12.0. The summed E-state index contributed by atoms with van der Waals surface area (Å²) in [5.74, 6) is 0.596. The van der Waals surface area contributed by atoms with Crippen molar-refractivity contribution in [3.05, 3.63) is 53.1 Å². The molecule has 0 spiro atoms. The van der Waals surface area contributed by atoms with Crippen LogP contribution in [0, 0.1) is 20.8 Å². The molecule has 2 aromatic carbocycles. The Kier molecular flexibility index (Phi) is 6.01. The number of ether oxygens (including phenoxy) is 1. The Morgan fingerprint density at radius 3 is 2.41 bits per heavy atom. The third-order valence-corrected chi connectivity index (χ3v) is 5.01. The number of rotatable bonds is 5. The smallest absolute Gasteiger partial charge is 0.262 e. The van der Waals surface area contributed by atoms with E-state index in [9.17, 15) is 4.79 Å². The number of piperazine rings is 1. The van der Waals surface area contributed by atoms with E-state index in [1.807, 2.05) is 44.2 Å². The third-order valence-electron chi connectivity index (χ3n) is 5.01. The third kappa shape index (κ3) is 5.01. The van der Waals surface area contributed by atoms with Gasteiger partial charge in [-0.1, -0.05) is 17.7 Å². The predicted molar refractivity (Wildman–Crippen MR) is 111 cm³/mol. The molecular formula is C22H29N3O2. The Hall–Kier alpha value is -2.53. The van der Waals surface area contributed by atoms with E-state index < -0.39 is 0 Å². The average Bonchev–Trinajstić information content (AvgIpc) is 2.62. The number of amides is 1. The summed E-state index contributed by atoms with van der Waals surface area (Å²) in [5.41, 5.74) is 5.44. The van der Waals surface area contributed by atoms with Gasteiger partial charge >= 0.3 is 0 Å². The SMILES string of the molecule is Cc1ccc(OCC(=O)Nc2ccc(N3CCN(C)CC3)c(C)c2)c(C)c1. The zero-order valence-corrected chi connectivity index (χ0v) is 16.7. The summed E-state index contributed by atoms with van der Waals surface area (Å²) < 4.78 is 5.66. The number of nitrogens with one attached hydrogen (secondary N) is 1. The molecule has 0 unspecified atom stereocenters. The van der Waals surface area contributed by atoms with Crippen molar-refractivity contribution in [2.75, 3.05) is 50.1 Å². The summed E-state index contributed by atoms with van der Waals surface area (Å²) in [4.78, 5) is 17.0. The molecule has 0 aromatic heterocycles. The molecule has 144 valence electrons. The van der Waals surface area contributed by atoms with Gasteiger partial charge in [-0.05, 0) is 63.2 Å². The van der Waals surface area contributed by atoms with Gasteiger partial charge in [-0.3, -0.25) is 4.79 Å². The van der Waals surface area contributed by atoms with Crippen LogP contribution < -0.4 is 15.0 Å². The minimum absolute atomic E-state index is 0.00313. The van der Waals surface area contributed by atoms with E-state index >= 15 is 0 Å². The lowest BCUT2D eigenvalue weighted by Crippen LogP contribution is -2.44. The molecule has 0 atom stereocenters. The normalized spacial score (nSPS) is 14.9. The number of aryl methyl sites for hydroxylation is 3. The standard InChI is InChI=1S/C22H29N3O2/c1-16-5-8-21(18(3)13-16)27-15-22(26)23-19-6-7-20(17(2)14-19)25-11-9-24(4)10-12-25/h5-8,13-14H,9-12,15H2,1-4H3,(H,23,26). The van der Waals surface area contributed by atoms with Crippen molar-refractivity contribution in [3.8, 4) is 5.75 Å². The maximum absolute atomic E-state index is 12.2. The summed E-state index contributed by atoms with van der Waals surface area (Å²) in [6.45, 7) is 10.3. The summed E-state index contributed by atoms with van der Waals surface area (Å²) in [5, 5.41) is 2.93. The van der Waals surface area contributed by atoms with Crippen LogP contribution in [0.5, 0.6) is 5.75 Å². The number of nitrogens with zero attached hydrogens (tertiary/aromatic N) is 2. The highest BCUT2D eigenvalue weighted by atomic mass is 16.5. The zero-order chi connectivity index (χ0) is 19.4. The van der Waals surface area contributed by atoms with Gasteiger partial charge in [-0.2, -0.15) is 0 Å². The maximum Gasteiger partial charge on any atom is 0.262 e. The van der Waals surface area contributed by atoms with Crippen molar-refractivity contribution in [1.29, 1.82) is 0 Å². The highest BCUT2D eigenvalue weighted by Gasteiger charge is 2.16. The van der Waals surface area contributed by atoms with Crippen molar-refractivity contribution in [1.82, 2.24) is 4.90 Å². The molecule has 2 aromatic rings. The van der Waals surface area contributed by atoms with Crippen LogP contribution >= 0.6 is 0 Å². The Balaban J connectivity index is 1.57. The lowest BCUT2D eigenvalue weighted by atomic mass is 10.1. The molecule has 1 amide bonds. The first-order valence-electron chi connectivity index (χ1n) is 9.46. The predicted octanol–water partition coefficient (Wildman–Crippen LogP) is 3.38. The van der Waals surface area contributed by atoms with Crippen LogP contribution in [0.2, 0.25) is 0 Å². The summed E-state index contributed by atoms with van der Waals surface area (Å²) >= 11 is 0. The molecule has 5 heteroatoms. The quantitative estimate of drug-likeness (QED) is 0.880. The minimum Gasteiger partial charge on any atom is -0.483 e. The number of hydrogen-bond acceptors (Lipinski definition) is 4. The molecule has 27 heavy (non-hydrogen) atoms. The van der Waals surface area contributed by atoms with E-state index in [0.717, 1.165) is 43.2 Å². The van der Waals surface area contributed by atoms with Gasteiger partial charge in [0.15, 0.2) is 6.61 Å². The number of benzene rings is 2. The fraction of sp³-hybridized carbons (Fsp3) is 0.409. The van der Waals surface area contributed by atoms with Crippen molar-refractivity contribution in [2.45, 2.75) is 20.8 Å². The molecule has 0 radical (unpaired) electrons. The van der Waals surface area contributed by atoms with E-state index in [4.69, 9.17) is 4.74 Å². The second-order valence-electron chi connectivity index (χ2n) is 7.40. The first-order chi connectivity index (χ1) is 12.9. The van der Waals surface area contributed by atoms with E-state index in [0.29, 0.717) is 0 Å². The maximum atomic E-state index is 12.2. The monoisotopic (exact) mass is 367 g/mol. The van der Waals surface area contributed by atoms with Gasteiger partial charge in [0, 0.05) is 37.6 Å². The average molecular weight is 367 g/mol. The fourth-order valence-electron chi connectivity index (χ4n) is 3.44. The van der Waals surface area contributed by atoms with Gasteiger partial charge < -0.3 is 19.9 Å². The first-order valence-corrected chi connectivity index (χ1v) is 9.46. The first kappa shape index (κ1) is 19.2. The lowest BCUT2D eigenvalue weighted by Gasteiger charge is -2.35. The molecular weight excluding hydrogens is 338 g/mol. The molecule has 1 aliphatic rings. The lowest BCUT2D eigenvalue weighted by molar-refractivity contribution is -0.118. The second-order valence-corrected chi connectivity index (χ2v) is 7.40. The zero-order valence-electron chi connectivity index (χ0n) is 16.7. The van der Waals surface area contributed by atoms with Crippen LogP contribution in [0.15, 0.2) is 36.4 Å². The van der Waals surface area contributed by atoms with Crippen LogP contribution in [0.1, 0.15) is 16.7 Å². The van der Waals surface area contributed by atoms with Crippen LogP contribution in [-0.2, 0) is 4.79 Å². The van der Waals surface area contributed by atoms with Crippen LogP contribution in [-0.4, -0.2) is 50.6 Å². The van der Waals surface area contributed by atoms with Crippen LogP contribution in [0.3, 0.4) is 0 Å². The number of anilines is 2. The highest BCUT2D eigenvalue weighted by Crippen LogP contribution is 2.25. The van der Waals surface area contributed by atoms with Crippen molar-refractivity contribution < 1.29 is 9.53 Å². The van der Waals surface area contributed by atoms with E-state index in [1.165, 1.54) is 16.8 Å². The second kappa shape index (κ2) is 8.44. The Labute approximate surface area is 161 Å². The molecule has 5 nitrogen and oxygen atoms in total. The Morgan fingerprint density at radius 2 is 1.74 bits per heavy atom. The minimum atomic E-state index is -0.151. The summed E-state index contributed by atoms with van der Waals surface area (Å²) in [6.07, 6.45) is 0. The van der Waals surface area contributed by atoms with Crippen LogP contribution in [0.4, 0.5) is 11.4 Å². The van der Waals surface area contributed by atoms with Gasteiger partial charge in [-0.15, -0.1) is 0 Å². The number of carbonyl (C=O) groups is 1. The topological polar surface area (TPSA) is 44.8 Å². The van der Waals surface area contributed by atoms with Gasteiger partial charge in [0.1, 0.15) is 5.75 Å². The van der Waals surface area contributed by atoms with Crippen molar-refractivity contribution in [3.63, 3.8) is 0 Å². The largest absolute Gasteiger partial charge is 0.483 e. The van der Waals surface area contributed by atoms with E-state index in [2.05, 4.69) is 35.2 Å². The van der Waals surface area contributed by atoms with Gasteiger partial charge in [0.2, 0.25) is 0 Å². The molecule has 1 fully saturated rings. The van der Waals surface area contributed by atoms with E-state index in [-0.39, 0.29) is 12.5 Å². The van der Waals surface area contributed by atoms with Crippen LogP contribution in [0.25, 0.3) is 0 Å². The number of carbonyl (C=O) groups excluding carboxylic acids is 1. The Morgan fingerprint density at radius 1 is 1.00 bits per heavy atom. The fourth-order valence-corrected chi connectivity index (χ4v) is 3.44. The molecule has 0 aliphatic carbocycles.